The number of carbonyl (C=O) groups excluding carboxylic acids is 1. The second-order valence-corrected chi connectivity index (χ2v) is 3.42. The first-order valence-electron chi connectivity index (χ1n) is 5.13. The molecule has 0 aromatic rings. The molecule has 5 nitrogen and oxygen atoms in total. The summed E-state index contributed by atoms with van der Waals surface area (Å²) in [6.45, 7) is 7.50. The summed E-state index contributed by atoms with van der Waals surface area (Å²) >= 11 is 0. The van der Waals surface area contributed by atoms with Gasteiger partial charge in [-0.15, -0.1) is 0 Å². The third-order valence-corrected chi connectivity index (χ3v) is 2.37. The van der Waals surface area contributed by atoms with Crippen LogP contribution < -0.4 is 0 Å². The molecule has 0 saturated carbocycles. The Morgan fingerprint density at radius 2 is 2.07 bits per heavy atom. The van der Waals surface area contributed by atoms with Crippen molar-refractivity contribution in [2.45, 2.75) is 0 Å². The second-order valence-electron chi connectivity index (χ2n) is 3.42. The summed E-state index contributed by atoms with van der Waals surface area (Å²) in [6.07, 6.45) is 1.28. The fourth-order valence-electron chi connectivity index (χ4n) is 1.52. The maximum atomic E-state index is 11.4. The fraction of sp³-hybridized carbons (Fsp3) is 0.700. The van der Waals surface area contributed by atoms with Crippen LogP contribution in [0.1, 0.15) is 0 Å². The van der Waals surface area contributed by atoms with Gasteiger partial charge >= 0.3 is 6.09 Å². The van der Waals surface area contributed by atoms with Crippen LogP contribution in [0.5, 0.6) is 0 Å². The zero-order valence-corrected chi connectivity index (χ0v) is 8.89. The average molecular weight is 214 g/mol. The van der Waals surface area contributed by atoms with Crippen molar-refractivity contribution in [2.75, 3.05) is 45.9 Å². The maximum Gasteiger partial charge on any atom is 0.410 e. The number of amides is 1. The zero-order valence-electron chi connectivity index (χ0n) is 8.89. The van der Waals surface area contributed by atoms with Crippen LogP contribution in [0.4, 0.5) is 4.79 Å². The van der Waals surface area contributed by atoms with Gasteiger partial charge in [-0.3, -0.25) is 4.90 Å². The van der Waals surface area contributed by atoms with Crippen LogP contribution in [-0.4, -0.2) is 66.9 Å². The van der Waals surface area contributed by atoms with Gasteiger partial charge in [-0.2, -0.15) is 0 Å². The smallest absolute Gasteiger partial charge is 0.410 e. The van der Waals surface area contributed by atoms with E-state index < -0.39 is 0 Å². The van der Waals surface area contributed by atoms with E-state index in [1.54, 1.807) is 11.0 Å². The summed E-state index contributed by atoms with van der Waals surface area (Å²) in [4.78, 5) is 15.2. The van der Waals surface area contributed by atoms with Crippen LogP contribution in [0.2, 0.25) is 0 Å². The fourth-order valence-corrected chi connectivity index (χ4v) is 1.52. The van der Waals surface area contributed by atoms with Crippen molar-refractivity contribution >= 4 is 6.09 Å². The highest BCUT2D eigenvalue weighted by atomic mass is 16.6. The Kier molecular flexibility index (Phi) is 5.14. The van der Waals surface area contributed by atoms with Gasteiger partial charge in [0.25, 0.3) is 0 Å². The molecule has 1 aliphatic heterocycles. The third kappa shape index (κ3) is 3.89. The average Bonchev–Trinajstić information content (AvgIpc) is 2.27. The number of nitrogens with zero attached hydrogens (tertiary/aromatic N) is 2. The molecule has 0 unspecified atom stereocenters. The minimum Gasteiger partial charge on any atom is -0.445 e. The lowest BCUT2D eigenvalue weighted by Crippen LogP contribution is -2.49. The van der Waals surface area contributed by atoms with E-state index in [1.165, 1.54) is 0 Å². The molecule has 0 aromatic heterocycles. The van der Waals surface area contributed by atoms with E-state index in [-0.39, 0.29) is 19.3 Å². The lowest BCUT2D eigenvalue weighted by molar-refractivity contribution is 0.0777. The van der Waals surface area contributed by atoms with E-state index in [1.807, 2.05) is 0 Å². The second kappa shape index (κ2) is 6.42. The third-order valence-electron chi connectivity index (χ3n) is 2.37. The molecule has 1 rings (SSSR count). The summed E-state index contributed by atoms with van der Waals surface area (Å²) < 4.78 is 4.93. The van der Waals surface area contributed by atoms with Crippen molar-refractivity contribution in [3.8, 4) is 0 Å². The zero-order chi connectivity index (χ0) is 11.1. The first-order chi connectivity index (χ1) is 7.27. The topological polar surface area (TPSA) is 53.0 Å². The summed E-state index contributed by atoms with van der Waals surface area (Å²) in [5.41, 5.74) is 0. The molecular weight excluding hydrogens is 196 g/mol. The highest BCUT2D eigenvalue weighted by Crippen LogP contribution is 2.03. The van der Waals surface area contributed by atoms with Gasteiger partial charge in [0.1, 0.15) is 6.61 Å². The standard InChI is InChI=1S/C10H18N2O3/c1-2-9-15-10(14)12-5-3-11(4-6-12)7-8-13/h2,13H,1,3-9H2. The molecule has 1 heterocycles. The molecule has 5 heteroatoms. The molecule has 1 fully saturated rings. The van der Waals surface area contributed by atoms with E-state index in [9.17, 15) is 4.79 Å². The number of hydrogen-bond acceptors (Lipinski definition) is 4. The van der Waals surface area contributed by atoms with Gasteiger partial charge in [-0.1, -0.05) is 12.7 Å². The largest absolute Gasteiger partial charge is 0.445 e. The molecule has 0 aromatic carbocycles. The van der Waals surface area contributed by atoms with Crippen LogP contribution in [0.15, 0.2) is 12.7 Å². The van der Waals surface area contributed by atoms with Crippen molar-refractivity contribution in [2.24, 2.45) is 0 Å². The summed E-state index contributed by atoms with van der Waals surface area (Å²) in [6, 6.07) is 0. The number of β-amino-alcohol motifs (C(OH)–C–C–N with tert-alkyl or cyclic N) is 1. The Morgan fingerprint density at radius 1 is 1.40 bits per heavy atom. The lowest BCUT2D eigenvalue weighted by Gasteiger charge is -2.33. The van der Waals surface area contributed by atoms with Crippen LogP contribution >= 0.6 is 0 Å². The van der Waals surface area contributed by atoms with Gasteiger partial charge in [-0.25, -0.2) is 4.79 Å². The highest BCUT2D eigenvalue weighted by Gasteiger charge is 2.21. The SMILES string of the molecule is C=CCOC(=O)N1CCN(CCO)CC1. The van der Waals surface area contributed by atoms with E-state index in [4.69, 9.17) is 9.84 Å². The molecule has 0 aliphatic carbocycles. The minimum absolute atomic E-state index is 0.168. The molecular formula is C10H18N2O3. The van der Waals surface area contributed by atoms with Crippen LogP contribution in [0.3, 0.4) is 0 Å². The van der Waals surface area contributed by atoms with Gasteiger partial charge in [-0.05, 0) is 0 Å². The number of ether oxygens (including phenoxy) is 1. The normalized spacial score (nSPS) is 17.5. The molecule has 0 atom stereocenters. The number of piperazine rings is 1. The molecule has 1 amide bonds. The molecule has 15 heavy (non-hydrogen) atoms. The molecule has 0 radical (unpaired) electrons. The molecule has 1 aliphatic rings. The predicted octanol–water partition coefficient (Wildman–Crippen LogP) is -0.0811. The molecule has 1 saturated heterocycles. The van der Waals surface area contributed by atoms with Gasteiger partial charge in [0, 0.05) is 32.7 Å². The monoisotopic (exact) mass is 214 g/mol. The van der Waals surface area contributed by atoms with Gasteiger partial charge < -0.3 is 14.7 Å². The van der Waals surface area contributed by atoms with Gasteiger partial charge in [0.2, 0.25) is 0 Å². The van der Waals surface area contributed by atoms with Crippen molar-refractivity contribution in [3.05, 3.63) is 12.7 Å². The Labute approximate surface area is 89.9 Å². The number of hydrogen-bond donors (Lipinski definition) is 1. The number of aliphatic hydroxyl groups is 1. The van der Waals surface area contributed by atoms with Crippen molar-refractivity contribution in [3.63, 3.8) is 0 Å². The van der Waals surface area contributed by atoms with Crippen LogP contribution in [0, 0.1) is 0 Å². The quantitative estimate of drug-likeness (QED) is 0.665. The Morgan fingerprint density at radius 3 is 2.60 bits per heavy atom. The first-order valence-corrected chi connectivity index (χ1v) is 5.13. The number of aliphatic hydroxyl groups excluding tert-OH is 1. The van der Waals surface area contributed by atoms with E-state index in [2.05, 4.69) is 11.5 Å². The Bertz CT molecular complexity index is 213. The summed E-state index contributed by atoms with van der Waals surface area (Å²) in [7, 11) is 0. The lowest BCUT2D eigenvalue weighted by atomic mass is 10.3. The van der Waals surface area contributed by atoms with Gasteiger partial charge in [0.05, 0.1) is 6.61 Å². The van der Waals surface area contributed by atoms with Crippen LogP contribution in [-0.2, 0) is 4.74 Å². The van der Waals surface area contributed by atoms with Crippen molar-refractivity contribution in [1.29, 1.82) is 0 Å². The van der Waals surface area contributed by atoms with Gasteiger partial charge in [0.15, 0.2) is 0 Å². The Balaban J connectivity index is 2.24. The van der Waals surface area contributed by atoms with E-state index in [0.29, 0.717) is 19.6 Å². The number of rotatable bonds is 4. The van der Waals surface area contributed by atoms with Crippen molar-refractivity contribution < 1.29 is 14.6 Å². The summed E-state index contributed by atoms with van der Waals surface area (Å²) in [5.74, 6) is 0. The summed E-state index contributed by atoms with van der Waals surface area (Å²) in [5, 5.41) is 8.75. The highest BCUT2D eigenvalue weighted by molar-refractivity contribution is 5.67. The van der Waals surface area contributed by atoms with Crippen LogP contribution in [0.25, 0.3) is 0 Å². The Hall–Kier alpha value is -1.07. The minimum atomic E-state index is -0.279. The van der Waals surface area contributed by atoms with E-state index in [0.717, 1.165) is 13.1 Å². The maximum absolute atomic E-state index is 11.4. The molecule has 1 N–H and O–H groups in total. The molecule has 0 spiro atoms. The molecule has 0 bridgehead atoms. The molecule has 86 valence electrons. The van der Waals surface area contributed by atoms with E-state index >= 15 is 0 Å². The van der Waals surface area contributed by atoms with Crippen molar-refractivity contribution in [1.82, 2.24) is 9.80 Å². The first kappa shape index (κ1) is 12.0. The number of carbonyl (C=O) groups is 1. The predicted molar refractivity (Wildman–Crippen MR) is 56.6 cm³/mol.